The van der Waals surface area contributed by atoms with Gasteiger partial charge in [-0.2, -0.15) is 0 Å². The number of phenolic OH excluding ortho intramolecular Hbond substituents is 1. The molecule has 1 fully saturated rings. The summed E-state index contributed by atoms with van der Waals surface area (Å²) in [5.74, 6) is -3.17. The van der Waals surface area contributed by atoms with Crippen molar-refractivity contribution >= 4 is 18.5 Å². The zero-order valence-electron chi connectivity index (χ0n) is 10.4. The Kier molecular flexibility index (Phi) is 4.25. The lowest BCUT2D eigenvalue weighted by molar-refractivity contribution is -0.104. The summed E-state index contributed by atoms with van der Waals surface area (Å²) in [7, 11) is 0. The van der Waals surface area contributed by atoms with Crippen LogP contribution in [-0.2, 0) is 4.74 Å². The standard InChI is InChI=1S/C12H13F2NO3.ClH/c1-6-3-8(16)4-7(2)9(6)10-12(13,14)5-18-11(17)15-10;/h3-4,10,16H,5H2,1-2H3,(H,15,17);1H/t10-;/m0./s1. The van der Waals surface area contributed by atoms with Gasteiger partial charge in [0.25, 0.3) is 0 Å². The molecule has 1 aromatic rings. The lowest BCUT2D eigenvalue weighted by atomic mass is 9.91. The number of hydrogen-bond donors (Lipinski definition) is 2. The number of rotatable bonds is 1. The van der Waals surface area contributed by atoms with Gasteiger partial charge in [-0.25, -0.2) is 13.6 Å². The van der Waals surface area contributed by atoms with Crippen LogP contribution in [0.4, 0.5) is 13.6 Å². The van der Waals surface area contributed by atoms with E-state index in [4.69, 9.17) is 0 Å². The lowest BCUT2D eigenvalue weighted by Crippen LogP contribution is -2.50. The molecule has 0 aliphatic carbocycles. The van der Waals surface area contributed by atoms with Gasteiger partial charge in [-0.3, -0.25) is 0 Å². The molecular weight excluding hydrogens is 280 g/mol. The monoisotopic (exact) mass is 293 g/mol. The van der Waals surface area contributed by atoms with Crippen LogP contribution in [-0.4, -0.2) is 23.7 Å². The van der Waals surface area contributed by atoms with E-state index >= 15 is 0 Å². The fraction of sp³-hybridized carbons (Fsp3) is 0.417. The number of cyclic esters (lactones) is 1. The van der Waals surface area contributed by atoms with E-state index in [1.54, 1.807) is 13.8 Å². The molecule has 2 rings (SSSR count). The summed E-state index contributed by atoms with van der Waals surface area (Å²) in [6.07, 6.45) is -0.863. The van der Waals surface area contributed by atoms with Crippen molar-refractivity contribution in [3.8, 4) is 5.75 Å². The first-order valence-electron chi connectivity index (χ1n) is 5.42. The summed E-state index contributed by atoms with van der Waals surface area (Å²) in [5, 5.41) is 11.5. The van der Waals surface area contributed by atoms with Gasteiger partial charge < -0.3 is 15.2 Å². The maximum atomic E-state index is 13.8. The van der Waals surface area contributed by atoms with Gasteiger partial charge >= 0.3 is 12.0 Å². The number of carbonyl (C=O) groups excluding carboxylic acids is 1. The minimum atomic E-state index is -3.18. The summed E-state index contributed by atoms with van der Waals surface area (Å²) in [5.41, 5.74) is 1.31. The fourth-order valence-electron chi connectivity index (χ4n) is 2.20. The van der Waals surface area contributed by atoms with E-state index in [-0.39, 0.29) is 18.2 Å². The predicted molar refractivity (Wildman–Crippen MR) is 67.0 cm³/mol. The van der Waals surface area contributed by atoms with Crippen molar-refractivity contribution in [1.82, 2.24) is 5.32 Å². The average molecular weight is 294 g/mol. The van der Waals surface area contributed by atoms with E-state index < -0.39 is 24.7 Å². The summed E-state index contributed by atoms with van der Waals surface area (Å²) < 4.78 is 31.9. The minimum absolute atomic E-state index is 0. The first kappa shape index (κ1) is 15.5. The topological polar surface area (TPSA) is 58.6 Å². The third kappa shape index (κ3) is 2.89. The molecule has 0 spiro atoms. The summed E-state index contributed by atoms with van der Waals surface area (Å²) in [6.45, 7) is 2.28. The van der Waals surface area contributed by atoms with Gasteiger partial charge in [0, 0.05) is 0 Å². The highest BCUT2D eigenvalue weighted by molar-refractivity contribution is 5.85. The number of alkyl carbamates (subject to hydrolysis) is 1. The Bertz CT molecular complexity index is 485. The molecule has 0 saturated carbocycles. The highest BCUT2D eigenvalue weighted by Gasteiger charge is 2.47. The zero-order chi connectivity index (χ0) is 13.5. The number of amides is 1. The van der Waals surface area contributed by atoms with Crippen molar-refractivity contribution < 1.29 is 23.4 Å². The number of carbonyl (C=O) groups is 1. The summed E-state index contributed by atoms with van der Waals surface area (Å²) >= 11 is 0. The van der Waals surface area contributed by atoms with Gasteiger partial charge in [0.1, 0.15) is 11.8 Å². The second kappa shape index (κ2) is 5.21. The van der Waals surface area contributed by atoms with E-state index in [0.29, 0.717) is 16.7 Å². The molecular formula is C12H14ClF2NO3. The Morgan fingerprint density at radius 2 is 1.89 bits per heavy atom. The van der Waals surface area contributed by atoms with Crippen LogP contribution in [0, 0.1) is 13.8 Å². The molecule has 0 unspecified atom stereocenters. The Morgan fingerprint density at radius 1 is 1.37 bits per heavy atom. The number of hydrogen-bond acceptors (Lipinski definition) is 3. The maximum Gasteiger partial charge on any atom is 0.408 e. The van der Waals surface area contributed by atoms with E-state index in [1.165, 1.54) is 12.1 Å². The van der Waals surface area contributed by atoms with E-state index in [2.05, 4.69) is 10.1 Å². The number of benzene rings is 1. The molecule has 19 heavy (non-hydrogen) atoms. The number of aromatic hydroxyl groups is 1. The van der Waals surface area contributed by atoms with Crippen molar-refractivity contribution in [1.29, 1.82) is 0 Å². The molecule has 1 aliphatic rings. The van der Waals surface area contributed by atoms with Crippen LogP contribution in [0.15, 0.2) is 12.1 Å². The van der Waals surface area contributed by atoms with Gasteiger partial charge in [0.15, 0.2) is 6.61 Å². The molecule has 106 valence electrons. The quantitative estimate of drug-likeness (QED) is 0.837. The number of aryl methyl sites for hydroxylation is 2. The smallest absolute Gasteiger partial charge is 0.408 e. The molecule has 1 aliphatic heterocycles. The molecule has 1 saturated heterocycles. The van der Waals surface area contributed by atoms with Crippen molar-refractivity contribution in [3.63, 3.8) is 0 Å². The van der Waals surface area contributed by atoms with Gasteiger partial charge in [-0.15, -0.1) is 12.4 Å². The van der Waals surface area contributed by atoms with Crippen molar-refractivity contribution in [2.45, 2.75) is 25.8 Å². The van der Waals surface area contributed by atoms with Gasteiger partial charge in [-0.1, -0.05) is 0 Å². The van der Waals surface area contributed by atoms with Crippen molar-refractivity contribution in [2.24, 2.45) is 0 Å². The zero-order valence-corrected chi connectivity index (χ0v) is 11.2. The highest BCUT2D eigenvalue weighted by Crippen LogP contribution is 2.38. The lowest BCUT2D eigenvalue weighted by Gasteiger charge is -2.33. The van der Waals surface area contributed by atoms with E-state index in [9.17, 15) is 18.7 Å². The van der Waals surface area contributed by atoms with Crippen LogP contribution in [0.5, 0.6) is 5.75 Å². The Labute approximate surface area is 115 Å². The molecule has 4 nitrogen and oxygen atoms in total. The molecule has 0 radical (unpaired) electrons. The SMILES string of the molecule is Cc1cc(O)cc(C)c1[C@@H]1NC(=O)OCC1(F)F.Cl. The summed E-state index contributed by atoms with van der Waals surface area (Å²) in [6, 6.07) is 1.35. The molecule has 2 N–H and O–H groups in total. The average Bonchev–Trinajstić information content (AvgIpc) is 2.22. The Hall–Kier alpha value is -1.56. The fourth-order valence-corrected chi connectivity index (χ4v) is 2.20. The Morgan fingerprint density at radius 3 is 2.42 bits per heavy atom. The molecule has 1 amide bonds. The van der Waals surface area contributed by atoms with Crippen LogP contribution in [0.25, 0.3) is 0 Å². The molecule has 7 heteroatoms. The first-order chi connectivity index (χ1) is 8.31. The van der Waals surface area contributed by atoms with Crippen molar-refractivity contribution in [2.75, 3.05) is 6.61 Å². The highest BCUT2D eigenvalue weighted by atomic mass is 35.5. The van der Waals surface area contributed by atoms with Crippen LogP contribution in [0.3, 0.4) is 0 Å². The van der Waals surface area contributed by atoms with Gasteiger partial charge in [-0.05, 0) is 42.7 Å². The van der Waals surface area contributed by atoms with Crippen LogP contribution in [0.2, 0.25) is 0 Å². The molecule has 1 atom stereocenters. The van der Waals surface area contributed by atoms with Crippen molar-refractivity contribution in [3.05, 3.63) is 28.8 Å². The number of ether oxygens (including phenoxy) is 1. The predicted octanol–water partition coefficient (Wildman–Crippen LogP) is 2.85. The summed E-state index contributed by atoms with van der Waals surface area (Å²) in [4.78, 5) is 11.1. The first-order valence-corrected chi connectivity index (χ1v) is 5.42. The Balaban J connectivity index is 0.00000180. The van der Waals surface area contributed by atoms with E-state index in [1.807, 2.05) is 0 Å². The minimum Gasteiger partial charge on any atom is -0.508 e. The normalized spacial score (nSPS) is 21.1. The number of phenols is 1. The second-order valence-corrected chi connectivity index (χ2v) is 4.41. The van der Waals surface area contributed by atoms with Gasteiger partial charge in [0.2, 0.25) is 0 Å². The largest absolute Gasteiger partial charge is 0.508 e. The van der Waals surface area contributed by atoms with Crippen LogP contribution >= 0.6 is 12.4 Å². The van der Waals surface area contributed by atoms with Gasteiger partial charge in [0.05, 0.1) is 0 Å². The third-order valence-electron chi connectivity index (χ3n) is 2.95. The van der Waals surface area contributed by atoms with Crippen LogP contribution < -0.4 is 5.32 Å². The number of nitrogens with one attached hydrogen (secondary N) is 1. The molecule has 0 aromatic heterocycles. The number of halogens is 3. The maximum absolute atomic E-state index is 13.8. The number of alkyl halides is 2. The molecule has 1 heterocycles. The third-order valence-corrected chi connectivity index (χ3v) is 2.95. The molecule has 1 aromatic carbocycles. The van der Waals surface area contributed by atoms with E-state index in [0.717, 1.165) is 0 Å². The second-order valence-electron chi connectivity index (χ2n) is 4.41. The van der Waals surface area contributed by atoms with Crippen LogP contribution in [0.1, 0.15) is 22.7 Å². The molecule has 0 bridgehead atoms.